The van der Waals surface area contributed by atoms with Gasteiger partial charge in [-0.25, -0.2) is 0 Å². The lowest BCUT2D eigenvalue weighted by atomic mass is 9.74. The Labute approximate surface area is 109 Å². The third kappa shape index (κ3) is 2.92. The fraction of sp³-hybridized carbons (Fsp3) is 0.714. The van der Waals surface area contributed by atoms with Gasteiger partial charge in [-0.2, -0.15) is 5.10 Å². The average Bonchev–Trinajstić information content (AvgIpc) is 2.81. The predicted octanol–water partition coefficient (Wildman–Crippen LogP) is 2.60. The van der Waals surface area contributed by atoms with Crippen molar-refractivity contribution in [2.45, 2.75) is 46.1 Å². The van der Waals surface area contributed by atoms with E-state index in [2.05, 4.69) is 36.3 Å². The summed E-state index contributed by atoms with van der Waals surface area (Å²) in [5.41, 5.74) is 0.621. The average molecular weight is 249 g/mol. The lowest BCUT2D eigenvalue weighted by Crippen LogP contribution is -2.45. The van der Waals surface area contributed by atoms with Crippen molar-refractivity contribution in [2.75, 3.05) is 0 Å². The molecule has 3 atom stereocenters. The van der Waals surface area contributed by atoms with E-state index in [0.29, 0.717) is 29.4 Å². The van der Waals surface area contributed by atoms with Crippen LogP contribution in [0, 0.1) is 17.8 Å². The molecule has 0 spiro atoms. The Morgan fingerprint density at radius 2 is 2.28 bits per heavy atom. The molecule has 0 aromatic carbocycles. The zero-order valence-corrected chi connectivity index (χ0v) is 11.4. The quantitative estimate of drug-likeness (QED) is 0.865. The normalized spacial score (nSPS) is 28.3. The second-order valence-corrected chi connectivity index (χ2v) is 5.89. The van der Waals surface area contributed by atoms with Crippen LogP contribution in [0.2, 0.25) is 0 Å². The summed E-state index contributed by atoms with van der Waals surface area (Å²) >= 11 is 0. The van der Waals surface area contributed by atoms with E-state index < -0.39 is 0 Å². The third-order valence-electron chi connectivity index (χ3n) is 4.10. The second-order valence-electron chi connectivity index (χ2n) is 5.89. The van der Waals surface area contributed by atoms with Crippen LogP contribution in [0.25, 0.3) is 0 Å². The van der Waals surface area contributed by atoms with E-state index in [-0.39, 0.29) is 5.91 Å². The van der Waals surface area contributed by atoms with Gasteiger partial charge < -0.3 is 5.32 Å². The predicted molar refractivity (Wildman–Crippen MR) is 71.2 cm³/mol. The molecule has 0 radical (unpaired) electrons. The molecule has 1 heterocycles. The van der Waals surface area contributed by atoms with Crippen molar-refractivity contribution in [3.05, 3.63) is 18.0 Å². The Bertz CT molecular complexity index is 386. The molecule has 0 aliphatic heterocycles. The summed E-state index contributed by atoms with van der Waals surface area (Å²) in [6.07, 6.45) is 6.81. The summed E-state index contributed by atoms with van der Waals surface area (Å²) in [5, 5.41) is 9.68. The maximum atomic E-state index is 12.1. The van der Waals surface area contributed by atoms with Crippen LogP contribution < -0.4 is 5.32 Å². The summed E-state index contributed by atoms with van der Waals surface area (Å²) in [7, 11) is 0. The number of carbonyl (C=O) groups is 1. The Morgan fingerprint density at radius 1 is 1.50 bits per heavy atom. The first-order valence-electron chi connectivity index (χ1n) is 6.87. The molecule has 2 N–H and O–H groups in total. The maximum absolute atomic E-state index is 12.1. The molecule has 1 amide bonds. The van der Waals surface area contributed by atoms with Crippen LogP contribution in [0.4, 0.5) is 0 Å². The van der Waals surface area contributed by atoms with Crippen LogP contribution >= 0.6 is 0 Å². The van der Waals surface area contributed by atoms with Gasteiger partial charge in [-0.3, -0.25) is 9.89 Å². The summed E-state index contributed by atoms with van der Waals surface area (Å²) in [6, 6.07) is 0.302. The molecule has 1 aromatic rings. The molecule has 1 aliphatic carbocycles. The van der Waals surface area contributed by atoms with Crippen molar-refractivity contribution in [3.8, 4) is 0 Å². The molecule has 3 unspecified atom stereocenters. The van der Waals surface area contributed by atoms with Crippen molar-refractivity contribution in [3.63, 3.8) is 0 Å². The SMILES string of the molecule is CC1CCC(C(C)C)C(NC(=O)c2cn[nH]c2)C1. The number of aromatic nitrogens is 2. The number of nitrogens with zero attached hydrogens (tertiary/aromatic N) is 1. The fourth-order valence-corrected chi connectivity index (χ4v) is 2.99. The highest BCUT2D eigenvalue weighted by Gasteiger charge is 2.31. The molecule has 4 heteroatoms. The van der Waals surface area contributed by atoms with Crippen LogP contribution in [0.1, 0.15) is 50.4 Å². The van der Waals surface area contributed by atoms with E-state index in [1.165, 1.54) is 12.8 Å². The second kappa shape index (κ2) is 5.55. The van der Waals surface area contributed by atoms with Gasteiger partial charge in [0.2, 0.25) is 0 Å². The number of aromatic amines is 1. The van der Waals surface area contributed by atoms with Gasteiger partial charge in [-0.05, 0) is 30.6 Å². The smallest absolute Gasteiger partial charge is 0.254 e. The van der Waals surface area contributed by atoms with Gasteiger partial charge >= 0.3 is 0 Å². The van der Waals surface area contributed by atoms with Crippen molar-refractivity contribution in [1.29, 1.82) is 0 Å². The van der Waals surface area contributed by atoms with Crippen LogP contribution in [0.3, 0.4) is 0 Å². The van der Waals surface area contributed by atoms with E-state index in [4.69, 9.17) is 0 Å². The summed E-state index contributed by atoms with van der Waals surface area (Å²) in [4.78, 5) is 12.1. The van der Waals surface area contributed by atoms with Crippen LogP contribution in [0.5, 0.6) is 0 Å². The van der Waals surface area contributed by atoms with Crippen molar-refractivity contribution in [1.82, 2.24) is 15.5 Å². The fourth-order valence-electron chi connectivity index (χ4n) is 2.99. The van der Waals surface area contributed by atoms with Gasteiger partial charge in [0.05, 0.1) is 11.8 Å². The highest BCUT2D eigenvalue weighted by atomic mass is 16.1. The van der Waals surface area contributed by atoms with E-state index in [0.717, 1.165) is 6.42 Å². The molecular formula is C14H23N3O. The van der Waals surface area contributed by atoms with Gasteiger partial charge in [0, 0.05) is 12.2 Å². The van der Waals surface area contributed by atoms with Crippen LogP contribution in [-0.4, -0.2) is 22.1 Å². The first-order chi connectivity index (χ1) is 8.58. The minimum Gasteiger partial charge on any atom is -0.349 e. The number of rotatable bonds is 3. The first-order valence-corrected chi connectivity index (χ1v) is 6.87. The molecule has 1 fully saturated rings. The molecular weight excluding hydrogens is 226 g/mol. The largest absolute Gasteiger partial charge is 0.349 e. The van der Waals surface area contributed by atoms with Gasteiger partial charge in [-0.15, -0.1) is 0 Å². The standard InChI is InChI=1S/C14H23N3O/c1-9(2)12-5-4-10(3)6-13(12)17-14(18)11-7-15-16-8-11/h7-10,12-13H,4-6H2,1-3H3,(H,15,16)(H,17,18). The zero-order chi connectivity index (χ0) is 13.1. The van der Waals surface area contributed by atoms with Gasteiger partial charge in [-0.1, -0.05) is 27.2 Å². The molecule has 1 aliphatic rings. The zero-order valence-electron chi connectivity index (χ0n) is 11.4. The molecule has 100 valence electrons. The van der Waals surface area contributed by atoms with Crippen molar-refractivity contribution < 1.29 is 4.79 Å². The molecule has 18 heavy (non-hydrogen) atoms. The number of carbonyl (C=O) groups excluding carboxylic acids is 1. The van der Waals surface area contributed by atoms with Crippen molar-refractivity contribution in [2.24, 2.45) is 17.8 Å². The Balaban J connectivity index is 2.02. The first kappa shape index (κ1) is 13.1. The molecule has 0 bridgehead atoms. The van der Waals surface area contributed by atoms with Gasteiger partial charge in [0.25, 0.3) is 5.91 Å². The molecule has 1 saturated carbocycles. The summed E-state index contributed by atoms with van der Waals surface area (Å²) in [5.74, 6) is 1.91. The van der Waals surface area contributed by atoms with E-state index in [9.17, 15) is 4.79 Å². The summed E-state index contributed by atoms with van der Waals surface area (Å²) in [6.45, 7) is 6.77. The molecule has 1 aromatic heterocycles. The Hall–Kier alpha value is -1.32. The molecule has 0 saturated heterocycles. The molecule has 2 rings (SSSR count). The van der Waals surface area contributed by atoms with Crippen LogP contribution in [-0.2, 0) is 0 Å². The summed E-state index contributed by atoms with van der Waals surface area (Å²) < 4.78 is 0. The lowest BCUT2D eigenvalue weighted by Gasteiger charge is -2.37. The highest BCUT2D eigenvalue weighted by Crippen LogP contribution is 2.33. The van der Waals surface area contributed by atoms with E-state index >= 15 is 0 Å². The number of amides is 1. The molecule has 4 nitrogen and oxygen atoms in total. The topological polar surface area (TPSA) is 57.8 Å². The number of hydrogen-bond acceptors (Lipinski definition) is 2. The van der Waals surface area contributed by atoms with Crippen molar-refractivity contribution >= 4 is 5.91 Å². The lowest BCUT2D eigenvalue weighted by molar-refractivity contribution is 0.0868. The third-order valence-corrected chi connectivity index (χ3v) is 4.10. The van der Waals surface area contributed by atoms with Gasteiger partial charge in [0.1, 0.15) is 0 Å². The minimum atomic E-state index is -0.00602. The Kier molecular flexibility index (Phi) is 4.04. The number of nitrogens with one attached hydrogen (secondary N) is 2. The Morgan fingerprint density at radius 3 is 2.89 bits per heavy atom. The van der Waals surface area contributed by atoms with E-state index in [1.54, 1.807) is 12.4 Å². The monoisotopic (exact) mass is 249 g/mol. The van der Waals surface area contributed by atoms with Gasteiger partial charge in [0.15, 0.2) is 0 Å². The maximum Gasteiger partial charge on any atom is 0.254 e. The highest BCUT2D eigenvalue weighted by molar-refractivity contribution is 5.93. The number of H-pyrrole nitrogens is 1. The van der Waals surface area contributed by atoms with Crippen LogP contribution in [0.15, 0.2) is 12.4 Å². The van der Waals surface area contributed by atoms with E-state index in [1.807, 2.05) is 0 Å². The number of hydrogen-bond donors (Lipinski definition) is 2. The minimum absolute atomic E-state index is 0.00602.